The Kier molecular flexibility index (Phi) is 3.85. The molecule has 0 saturated heterocycles. The van der Waals surface area contributed by atoms with Gasteiger partial charge in [0, 0.05) is 5.56 Å². The molecule has 16 heavy (non-hydrogen) atoms. The molecule has 0 atom stereocenters. The standard InChI is InChI=1S/C10H9F3O2S/c1-15-8-4-3-6(9(14)16-2)5-7(8)10(11,12)13/h3-5H,1-2H3. The molecule has 0 unspecified atom stereocenters. The van der Waals surface area contributed by atoms with Crippen molar-refractivity contribution in [3.05, 3.63) is 29.3 Å². The van der Waals surface area contributed by atoms with Crippen LogP contribution in [0.3, 0.4) is 0 Å². The van der Waals surface area contributed by atoms with E-state index in [0.717, 1.165) is 31.0 Å². The van der Waals surface area contributed by atoms with Gasteiger partial charge in [-0.3, -0.25) is 4.79 Å². The van der Waals surface area contributed by atoms with Crippen LogP contribution in [0, 0.1) is 0 Å². The van der Waals surface area contributed by atoms with Gasteiger partial charge >= 0.3 is 6.18 Å². The quantitative estimate of drug-likeness (QED) is 0.806. The molecule has 2 nitrogen and oxygen atoms in total. The lowest BCUT2D eigenvalue weighted by Gasteiger charge is -2.12. The third-order valence-electron chi connectivity index (χ3n) is 1.93. The molecule has 0 amide bonds. The predicted octanol–water partition coefficient (Wildman–Crippen LogP) is 3.22. The first-order chi connectivity index (χ1) is 7.40. The second-order valence-corrected chi connectivity index (χ2v) is 3.68. The Hall–Kier alpha value is -1.17. The van der Waals surface area contributed by atoms with Crippen molar-refractivity contribution in [1.82, 2.24) is 0 Å². The van der Waals surface area contributed by atoms with Crippen LogP contribution in [0.15, 0.2) is 18.2 Å². The number of hydrogen-bond donors (Lipinski definition) is 0. The van der Waals surface area contributed by atoms with Gasteiger partial charge in [-0.1, -0.05) is 11.8 Å². The number of carbonyl (C=O) groups excluding carboxylic acids is 1. The number of rotatable bonds is 2. The van der Waals surface area contributed by atoms with Gasteiger partial charge in [-0.15, -0.1) is 0 Å². The molecule has 0 spiro atoms. The number of halogens is 3. The third-order valence-corrected chi connectivity index (χ3v) is 2.53. The SMILES string of the molecule is COc1ccc(C(=O)SC)cc1C(F)(F)F. The van der Waals surface area contributed by atoms with Crippen LogP contribution in [-0.4, -0.2) is 18.5 Å². The van der Waals surface area contributed by atoms with Crippen LogP contribution in [0.5, 0.6) is 5.75 Å². The Bertz CT molecular complexity index is 402. The van der Waals surface area contributed by atoms with E-state index in [4.69, 9.17) is 0 Å². The maximum absolute atomic E-state index is 12.6. The molecular weight excluding hydrogens is 241 g/mol. The topological polar surface area (TPSA) is 26.3 Å². The maximum Gasteiger partial charge on any atom is 0.419 e. The van der Waals surface area contributed by atoms with Gasteiger partial charge in [0.1, 0.15) is 5.75 Å². The normalized spacial score (nSPS) is 11.3. The van der Waals surface area contributed by atoms with E-state index in [9.17, 15) is 18.0 Å². The summed E-state index contributed by atoms with van der Waals surface area (Å²) in [7, 11) is 1.15. The van der Waals surface area contributed by atoms with E-state index in [2.05, 4.69) is 4.74 Å². The monoisotopic (exact) mass is 250 g/mol. The van der Waals surface area contributed by atoms with Crippen LogP contribution in [0.2, 0.25) is 0 Å². The van der Waals surface area contributed by atoms with E-state index in [1.54, 1.807) is 0 Å². The zero-order chi connectivity index (χ0) is 12.3. The summed E-state index contributed by atoms with van der Waals surface area (Å²) in [4.78, 5) is 11.2. The summed E-state index contributed by atoms with van der Waals surface area (Å²) >= 11 is 0.864. The Morgan fingerprint density at radius 3 is 2.44 bits per heavy atom. The number of thioether (sulfide) groups is 1. The molecule has 0 aliphatic carbocycles. The summed E-state index contributed by atoms with van der Waals surface area (Å²) in [5, 5.41) is -0.409. The molecule has 0 aliphatic rings. The molecule has 0 saturated carbocycles. The van der Waals surface area contributed by atoms with Crippen molar-refractivity contribution in [3.8, 4) is 5.75 Å². The number of carbonyl (C=O) groups is 1. The van der Waals surface area contributed by atoms with Gasteiger partial charge in [-0.2, -0.15) is 13.2 Å². The largest absolute Gasteiger partial charge is 0.496 e. The second-order valence-electron chi connectivity index (χ2n) is 2.90. The average molecular weight is 250 g/mol. The Balaban J connectivity index is 3.27. The van der Waals surface area contributed by atoms with Crippen molar-refractivity contribution in [2.24, 2.45) is 0 Å². The minimum atomic E-state index is -4.53. The summed E-state index contributed by atoms with van der Waals surface area (Å²) in [6, 6.07) is 3.26. The average Bonchev–Trinajstić information content (AvgIpc) is 2.26. The molecule has 0 aliphatic heterocycles. The van der Waals surface area contributed by atoms with E-state index >= 15 is 0 Å². The Labute approximate surface area is 94.8 Å². The van der Waals surface area contributed by atoms with Crippen molar-refractivity contribution in [2.75, 3.05) is 13.4 Å². The highest BCUT2D eigenvalue weighted by Crippen LogP contribution is 2.37. The zero-order valence-corrected chi connectivity index (χ0v) is 9.41. The molecule has 0 heterocycles. The van der Waals surface area contributed by atoms with Crippen LogP contribution < -0.4 is 4.74 Å². The fraction of sp³-hybridized carbons (Fsp3) is 0.300. The Morgan fingerprint density at radius 2 is 2.00 bits per heavy atom. The molecule has 1 aromatic rings. The minimum Gasteiger partial charge on any atom is -0.496 e. The Morgan fingerprint density at radius 1 is 1.38 bits per heavy atom. The van der Waals surface area contributed by atoms with Crippen LogP contribution in [-0.2, 0) is 6.18 Å². The van der Waals surface area contributed by atoms with Crippen LogP contribution in [0.4, 0.5) is 13.2 Å². The molecule has 0 N–H and O–H groups in total. The fourth-order valence-corrected chi connectivity index (χ4v) is 1.54. The van der Waals surface area contributed by atoms with E-state index in [1.807, 2.05) is 0 Å². The molecule has 0 radical (unpaired) electrons. The van der Waals surface area contributed by atoms with E-state index in [-0.39, 0.29) is 11.3 Å². The highest BCUT2D eigenvalue weighted by molar-refractivity contribution is 8.13. The first-order valence-electron chi connectivity index (χ1n) is 4.23. The van der Waals surface area contributed by atoms with Crippen LogP contribution in [0.1, 0.15) is 15.9 Å². The van der Waals surface area contributed by atoms with Crippen molar-refractivity contribution in [2.45, 2.75) is 6.18 Å². The molecule has 0 aromatic heterocycles. The zero-order valence-electron chi connectivity index (χ0n) is 8.59. The molecule has 1 aromatic carbocycles. The number of alkyl halides is 3. The fourth-order valence-electron chi connectivity index (χ4n) is 1.17. The first kappa shape index (κ1) is 12.9. The first-order valence-corrected chi connectivity index (χ1v) is 5.46. The van der Waals surface area contributed by atoms with Crippen molar-refractivity contribution in [3.63, 3.8) is 0 Å². The second kappa shape index (κ2) is 4.78. The highest BCUT2D eigenvalue weighted by atomic mass is 32.2. The summed E-state index contributed by atoms with van der Waals surface area (Å²) in [6.45, 7) is 0. The van der Waals surface area contributed by atoms with Crippen molar-refractivity contribution in [1.29, 1.82) is 0 Å². The van der Waals surface area contributed by atoms with E-state index < -0.39 is 16.9 Å². The lowest BCUT2D eigenvalue weighted by molar-refractivity contribution is -0.138. The molecule has 6 heteroatoms. The number of benzene rings is 1. The van der Waals surface area contributed by atoms with Gasteiger partial charge in [-0.25, -0.2) is 0 Å². The van der Waals surface area contributed by atoms with E-state index in [1.165, 1.54) is 12.3 Å². The van der Waals surface area contributed by atoms with Gasteiger partial charge in [0.05, 0.1) is 12.7 Å². The molecule has 1 rings (SSSR count). The highest BCUT2D eigenvalue weighted by Gasteiger charge is 2.34. The number of ether oxygens (including phenoxy) is 1. The molecule has 0 fully saturated rings. The lowest BCUT2D eigenvalue weighted by Crippen LogP contribution is -2.09. The summed E-state index contributed by atoms with van der Waals surface area (Å²) in [5.74, 6) is -0.287. The summed E-state index contributed by atoms with van der Waals surface area (Å²) in [5.41, 5.74) is -0.921. The smallest absolute Gasteiger partial charge is 0.419 e. The molecule has 88 valence electrons. The van der Waals surface area contributed by atoms with Gasteiger partial charge in [0.15, 0.2) is 0 Å². The third kappa shape index (κ3) is 2.69. The van der Waals surface area contributed by atoms with Gasteiger partial charge < -0.3 is 4.74 Å². The number of hydrogen-bond acceptors (Lipinski definition) is 3. The summed E-state index contributed by atoms with van der Waals surface area (Å²) < 4.78 is 42.4. The maximum atomic E-state index is 12.6. The molecule has 0 bridgehead atoms. The minimum absolute atomic E-state index is 0.0145. The van der Waals surface area contributed by atoms with Crippen LogP contribution >= 0.6 is 11.8 Å². The van der Waals surface area contributed by atoms with Gasteiger partial charge in [0.25, 0.3) is 0 Å². The van der Waals surface area contributed by atoms with Gasteiger partial charge in [-0.05, 0) is 24.5 Å². The van der Waals surface area contributed by atoms with Crippen molar-refractivity contribution >= 4 is 16.9 Å². The van der Waals surface area contributed by atoms with Crippen LogP contribution in [0.25, 0.3) is 0 Å². The summed E-state index contributed by atoms with van der Waals surface area (Å²) in [6.07, 6.45) is -3.01. The van der Waals surface area contributed by atoms with Gasteiger partial charge in [0.2, 0.25) is 5.12 Å². The molecular formula is C10H9F3O2S. The number of methoxy groups -OCH3 is 1. The lowest BCUT2D eigenvalue weighted by atomic mass is 10.1. The predicted molar refractivity (Wildman–Crippen MR) is 55.8 cm³/mol. The van der Waals surface area contributed by atoms with E-state index in [0.29, 0.717) is 0 Å². The van der Waals surface area contributed by atoms with Crippen molar-refractivity contribution < 1.29 is 22.7 Å².